The molecule has 1 heterocycles. The van der Waals surface area contributed by atoms with Gasteiger partial charge < -0.3 is 19.1 Å². The second-order valence-electron chi connectivity index (χ2n) is 5.39. The molecule has 1 aliphatic heterocycles. The lowest BCUT2D eigenvalue weighted by Crippen LogP contribution is -2.39. The van der Waals surface area contributed by atoms with Crippen molar-refractivity contribution in [3.8, 4) is 0 Å². The molecule has 0 fully saturated rings. The topological polar surface area (TPSA) is 82.1 Å². The number of rotatable bonds is 4. The van der Waals surface area contributed by atoms with E-state index in [4.69, 9.17) is 14.2 Å². The zero-order chi connectivity index (χ0) is 18.7. The highest BCUT2D eigenvalue weighted by Gasteiger charge is 2.34. The minimum Gasteiger partial charge on any atom is -0.466 e. The Bertz CT molecular complexity index is 771. The highest BCUT2D eigenvalue weighted by Crippen LogP contribution is 2.33. The third-order valence-corrected chi connectivity index (χ3v) is 4.63. The second kappa shape index (κ2) is 7.79. The normalized spacial score (nSPS) is 14.4. The van der Waals surface area contributed by atoms with Crippen molar-refractivity contribution in [2.24, 2.45) is 0 Å². The molecule has 134 valence electrons. The summed E-state index contributed by atoms with van der Waals surface area (Å²) in [5.41, 5.74) is 1.73. The predicted octanol–water partition coefficient (Wildman–Crippen LogP) is 2.35. The summed E-state index contributed by atoms with van der Waals surface area (Å²) in [7, 11) is 2.44. The van der Waals surface area contributed by atoms with Crippen LogP contribution in [0.5, 0.6) is 0 Å². The molecule has 0 atom stereocenters. The highest BCUT2D eigenvalue weighted by molar-refractivity contribution is 9.10. The lowest BCUT2D eigenvalue weighted by molar-refractivity contribution is -0.140. The van der Waals surface area contributed by atoms with E-state index in [0.717, 1.165) is 10.0 Å². The number of nitrogens with zero attached hydrogens (tertiary/aromatic N) is 1. The van der Waals surface area contributed by atoms with Gasteiger partial charge in [0.2, 0.25) is 0 Å². The summed E-state index contributed by atoms with van der Waals surface area (Å²) >= 11 is 3.40. The van der Waals surface area contributed by atoms with Crippen molar-refractivity contribution in [2.45, 2.75) is 13.8 Å². The summed E-state index contributed by atoms with van der Waals surface area (Å²) in [6, 6.07) is 3.42. The van der Waals surface area contributed by atoms with Gasteiger partial charge in [0.05, 0.1) is 32.1 Å². The van der Waals surface area contributed by atoms with Gasteiger partial charge in [0.1, 0.15) is 12.4 Å². The standard InChI is InChI=1S/C17H18BrNO6/c1-9-5-14(11(10(2)20)6-13(9)18)19-8-25-7-12(16(21)23-3)15(19)17(22)24-4/h5-6H,7-8H2,1-4H3. The van der Waals surface area contributed by atoms with Crippen LogP contribution in [0.3, 0.4) is 0 Å². The predicted molar refractivity (Wildman–Crippen MR) is 93.2 cm³/mol. The molecule has 0 radical (unpaired) electrons. The molecular formula is C17H18BrNO6. The van der Waals surface area contributed by atoms with E-state index < -0.39 is 11.9 Å². The van der Waals surface area contributed by atoms with Crippen LogP contribution >= 0.6 is 15.9 Å². The van der Waals surface area contributed by atoms with Crippen molar-refractivity contribution in [2.75, 3.05) is 32.5 Å². The molecule has 0 saturated heterocycles. The number of aryl methyl sites for hydroxylation is 1. The van der Waals surface area contributed by atoms with E-state index in [2.05, 4.69) is 15.9 Å². The lowest BCUT2D eigenvalue weighted by Gasteiger charge is -2.32. The van der Waals surface area contributed by atoms with Crippen molar-refractivity contribution >= 4 is 39.3 Å². The Morgan fingerprint density at radius 3 is 2.36 bits per heavy atom. The Morgan fingerprint density at radius 2 is 1.80 bits per heavy atom. The van der Waals surface area contributed by atoms with Gasteiger partial charge in [-0.1, -0.05) is 15.9 Å². The van der Waals surface area contributed by atoms with Crippen molar-refractivity contribution in [1.29, 1.82) is 0 Å². The molecule has 0 aromatic heterocycles. The van der Waals surface area contributed by atoms with Crippen LogP contribution in [0.25, 0.3) is 0 Å². The van der Waals surface area contributed by atoms with Gasteiger partial charge in [-0.15, -0.1) is 0 Å². The van der Waals surface area contributed by atoms with E-state index in [-0.39, 0.29) is 30.4 Å². The Hall–Kier alpha value is -2.19. The van der Waals surface area contributed by atoms with Crippen LogP contribution in [0.15, 0.2) is 27.9 Å². The average Bonchev–Trinajstić information content (AvgIpc) is 2.61. The van der Waals surface area contributed by atoms with Gasteiger partial charge in [0.15, 0.2) is 5.78 Å². The zero-order valence-corrected chi connectivity index (χ0v) is 15.9. The SMILES string of the molecule is COC(=O)C1=C(C(=O)OC)N(c2cc(C)c(Br)cc2C(C)=O)COC1. The van der Waals surface area contributed by atoms with E-state index in [9.17, 15) is 14.4 Å². The van der Waals surface area contributed by atoms with E-state index in [1.54, 1.807) is 12.1 Å². The number of ketones is 1. The van der Waals surface area contributed by atoms with Gasteiger partial charge in [-0.3, -0.25) is 4.79 Å². The van der Waals surface area contributed by atoms with Crippen molar-refractivity contribution in [1.82, 2.24) is 0 Å². The van der Waals surface area contributed by atoms with E-state index in [1.165, 1.54) is 26.0 Å². The molecule has 2 rings (SSSR count). The summed E-state index contributed by atoms with van der Waals surface area (Å²) < 4.78 is 15.8. The van der Waals surface area contributed by atoms with E-state index in [0.29, 0.717) is 11.3 Å². The summed E-state index contributed by atoms with van der Waals surface area (Å²) in [6.07, 6.45) is 0. The van der Waals surface area contributed by atoms with Gasteiger partial charge in [-0.2, -0.15) is 0 Å². The van der Waals surface area contributed by atoms with Crippen LogP contribution < -0.4 is 4.90 Å². The zero-order valence-electron chi connectivity index (χ0n) is 14.3. The first kappa shape index (κ1) is 19.1. The summed E-state index contributed by atoms with van der Waals surface area (Å²) in [5, 5.41) is 0. The van der Waals surface area contributed by atoms with Crippen LogP contribution in [-0.2, 0) is 23.8 Å². The number of anilines is 1. The number of benzene rings is 1. The van der Waals surface area contributed by atoms with Gasteiger partial charge in [0, 0.05) is 10.0 Å². The number of esters is 2. The van der Waals surface area contributed by atoms with Crippen LogP contribution in [0, 0.1) is 6.92 Å². The third-order valence-electron chi connectivity index (χ3n) is 3.78. The molecule has 1 aromatic carbocycles. The van der Waals surface area contributed by atoms with Gasteiger partial charge in [0.25, 0.3) is 0 Å². The smallest absolute Gasteiger partial charge is 0.355 e. The molecule has 0 saturated carbocycles. The number of hydrogen-bond acceptors (Lipinski definition) is 7. The first-order valence-corrected chi connectivity index (χ1v) is 8.17. The lowest BCUT2D eigenvalue weighted by atomic mass is 10.0. The average molecular weight is 412 g/mol. The molecule has 0 unspecified atom stereocenters. The minimum atomic E-state index is -0.709. The van der Waals surface area contributed by atoms with Crippen molar-refractivity contribution < 1.29 is 28.6 Å². The number of carbonyl (C=O) groups is 3. The molecule has 25 heavy (non-hydrogen) atoms. The molecular weight excluding hydrogens is 394 g/mol. The number of methoxy groups -OCH3 is 2. The van der Waals surface area contributed by atoms with Gasteiger partial charge in [-0.05, 0) is 31.5 Å². The minimum absolute atomic E-state index is 0.00447. The Morgan fingerprint density at radius 1 is 1.16 bits per heavy atom. The van der Waals surface area contributed by atoms with Gasteiger partial charge in [-0.25, -0.2) is 9.59 Å². The fourth-order valence-electron chi connectivity index (χ4n) is 2.51. The quantitative estimate of drug-likeness (QED) is 0.555. The maximum absolute atomic E-state index is 12.3. The summed E-state index contributed by atoms with van der Waals surface area (Å²) in [6.45, 7) is 3.18. The fraction of sp³-hybridized carbons (Fsp3) is 0.353. The van der Waals surface area contributed by atoms with Crippen molar-refractivity contribution in [3.63, 3.8) is 0 Å². The number of hydrogen-bond donors (Lipinski definition) is 0. The molecule has 0 amide bonds. The molecule has 0 N–H and O–H groups in total. The molecule has 1 aliphatic rings. The van der Waals surface area contributed by atoms with Gasteiger partial charge >= 0.3 is 11.9 Å². The maximum Gasteiger partial charge on any atom is 0.355 e. The van der Waals surface area contributed by atoms with Crippen LogP contribution in [-0.4, -0.2) is 45.3 Å². The van der Waals surface area contributed by atoms with Crippen LogP contribution in [0.1, 0.15) is 22.8 Å². The number of carbonyl (C=O) groups excluding carboxylic acids is 3. The number of ether oxygens (including phenoxy) is 3. The van der Waals surface area contributed by atoms with Crippen LogP contribution in [0.2, 0.25) is 0 Å². The molecule has 1 aromatic rings. The first-order valence-electron chi connectivity index (χ1n) is 7.38. The Kier molecular flexibility index (Phi) is 5.97. The number of halogens is 1. The maximum atomic E-state index is 12.3. The third kappa shape index (κ3) is 3.74. The van der Waals surface area contributed by atoms with Crippen molar-refractivity contribution in [3.05, 3.63) is 39.0 Å². The fourth-order valence-corrected chi connectivity index (χ4v) is 2.85. The summed E-state index contributed by atoms with van der Waals surface area (Å²) in [4.78, 5) is 37.9. The molecule has 0 spiro atoms. The monoisotopic (exact) mass is 411 g/mol. The Balaban J connectivity index is 2.72. The Labute approximate surface area is 153 Å². The summed E-state index contributed by atoms with van der Waals surface area (Å²) in [5.74, 6) is -1.59. The molecule has 8 heteroatoms. The van der Waals surface area contributed by atoms with Crippen LogP contribution in [0.4, 0.5) is 5.69 Å². The first-order chi connectivity index (χ1) is 11.8. The van der Waals surface area contributed by atoms with E-state index in [1.807, 2.05) is 6.92 Å². The molecule has 0 bridgehead atoms. The highest BCUT2D eigenvalue weighted by atomic mass is 79.9. The second-order valence-corrected chi connectivity index (χ2v) is 6.24. The molecule has 0 aliphatic carbocycles. The largest absolute Gasteiger partial charge is 0.466 e. The number of Topliss-reactive ketones (excluding diaryl/α,β-unsaturated/α-hetero) is 1. The van der Waals surface area contributed by atoms with E-state index >= 15 is 0 Å². The molecule has 7 nitrogen and oxygen atoms in total.